The summed E-state index contributed by atoms with van der Waals surface area (Å²) in [6.45, 7) is 0.0488. The van der Waals surface area contributed by atoms with Gasteiger partial charge in [-0.1, -0.05) is 0 Å². The molecule has 0 aliphatic carbocycles. The van der Waals surface area contributed by atoms with Gasteiger partial charge in [-0.15, -0.1) is 0 Å². The van der Waals surface area contributed by atoms with E-state index in [0.29, 0.717) is 9.21 Å². The van der Waals surface area contributed by atoms with E-state index in [1.165, 1.54) is 21.5 Å². The molecule has 4 aromatic heterocycles. The van der Waals surface area contributed by atoms with Gasteiger partial charge in [0.2, 0.25) is 30.0 Å². The molecule has 0 saturated heterocycles. The summed E-state index contributed by atoms with van der Waals surface area (Å²) < 4.78 is 52.6. The highest BCUT2D eigenvalue weighted by Gasteiger charge is 2.24. The van der Waals surface area contributed by atoms with Crippen molar-refractivity contribution in [1.82, 2.24) is 39.0 Å². The Morgan fingerprint density at radius 2 is 1.23 bits per heavy atom. The fourth-order valence-corrected chi connectivity index (χ4v) is 5.08. The van der Waals surface area contributed by atoms with Crippen LogP contribution in [0.5, 0.6) is 0 Å². The number of aryl methyl sites for hydroxylation is 2. The molecule has 158 valence electrons. The first-order chi connectivity index (χ1) is 13.9. The van der Waals surface area contributed by atoms with Crippen LogP contribution >= 0.6 is 31.9 Å². The largest absolute Gasteiger partial charge is 0.296 e. The van der Waals surface area contributed by atoms with Gasteiger partial charge in [0.1, 0.15) is 9.21 Å². The van der Waals surface area contributed by atoms with Gasteiger partial charge in [-0.3, -0.25) is 9.13 Å². The molecule has 0 aliphatic rings. The van der Waals surface area contributed by atoms with Crippen LogP contribution in [-0.2, 0) is 32.8 Å². The molecule has 4 heterocycles. The zero-order chi connectivity index (χ0) is 21.8. The number of hydrogen-bond donors (Lipinski definition) is 0. The molecule has 0 atom stereocenters. The Morgan fingerprint density at radius 1 is 0.733 bits per heavy atom. The Morgan fingerprint density at radius 3 is 1.83 bits per heavy atom. The van der Waals surface area contributed by atoms with Gasteiger partial charge in [0.15, 0.2) is 22.6 Å². The third-order valence-corrected chi connectivity index (χ3v) is 6.71. The highest BCUT2D eigenvalue weighted by atomic mass is 79.9. The standard InChI is InChI=1S/C14H12Br2N8O4S2/c1-29(25,26)13-21-9-12(20-8(16)5-17-9)24(13)4-3-23-11-10(19-7(15)6-18-11)22-14(23)30(2,27)28/h5-6H,3-4H2,1-2H3. The van der Waals surface area contributed by atoms with E-state index in [2.05, 4.69) is 61.8 Å². The Hall–Kier alpha value is -2.04. The van der Waals surface area contributed by atoms with Crippen LogP contribution < -0.4 is 0 Å². The number of imidazole rings is 2. The topological polar surface area (TPSA) is 155 Å². The smallest absolute Gasteiger partial charge is 0.231 e. The van der Waals surface area contributed by atoms with E-state index in [0.717, 1.165) is 12.5 Å². The first kappa shape index (κ1) is 21.2. The van der Waals surface area contributed by atoms with Crippen LogP contribution in [0.3, 0.4) is 0 Å². The molecule has 0 aliphatic heterocycles. The van der Waals surface area contributed by atoms with Gasteiger partial charge in [-0.2, -0.15) is 9.97 Å². The zero-order valence-corrected chi connectivity index (χ0v) is 20.2. The molecule has 0 unspecified atom stereocenters. The van der Waals surface area contributed by atoms with Gasteiger partial charge in [0.05, 0.1) is 12.4 Å². The van der Waals surface area contributed by atoms with Crippen LogP contribution in [0.2, 0.25) is 0 Å². The molecule has 4 aromatic rings. The summed E-state index contributed by atoms with van der Waals surface area (Å²) in [5.74, 6) is 0. The average molecular weight is 580 g/mol. The van der Waals surface area contributed by atoms with Gasteiger partial charge in [-0.05, 0) is 31.9 Å². The zero-order valence-electron chi connectivity index (χ0n) is 15.4. The fraction of sp³-hybridized carbons (Fsp3) is 0.286. The second-order valence-corrected chi connectivity index (χ2v) is 11.8. The second kappa shape index (κ2) is 7.28. The quantitative estimate of drug-likeness (QED) is 0.334. The molecule has 4 rings (SSSR count). The summed E-state index contributed by atoms with van der Waals surface area (Å²) in [5, 5.41) is -0.456. The van der Waals surface area contributed by atoms with Crippen molar-refractivity contribution in [3.8, 4) is 0 Å². The lowest BCUT2D eigenvalue weighted by Gasteiger charge is -2.10. The SMILES string of the molecule is CS(=O)(=O)c1nc2nc(Br)cnc2n1CCn1c(S(C)(=O)=O)nc2ncc(Br)nc21. The van der Waals surface area contributed by atoms with Gasteiger partial charge >= 0.3 is 0 Å². The average Bonchev–Trinajstić information content (AvgIpc) is 3.17. The molecule has 0 radical (unpaired) electrons. The second-order valence-electron chi connectivity index (χ2n) is 6.32. The molecule has 0 fully saturated rings. The normalized spacial score (nSPS) is 12.8. The Balaban J connectivity index is 1.87. The maximum absolute atomic E-state index is 12.3. The van der Waals surface area contributed by atoms with E-state index >= 15 is 0 Å². The molecule has 0 bridgehead atoms. The molecule has 16 heteroatoms. The lowest BCUT2D eigenvalue weighted by molar-refractivity contribution is 0.509. The number of rotatable bonds is 5. The van der Waals surface area contributed by atoms with Gasteiger partial charge in [-0.25, -0.2) is 36.8 Å². The number of nitrogens with zero attached hydrogens (tertiary/aromatic N) is 8. The first-order valence-electron chi connectivity index (χ1n) is 8.13. The number of fused-ring (bicyclic) bond motifs is 2. The van der Waals surface area contributed by atoms with Crippen molar-refractivity contribution >= 4 is 74.1 Å². The van der Waals surface area contributed by atoms with E-state index < -0.39 is 19.7 Å². The predicted octanol–water partition coefficient (Wildman–Crippen LogP) is 0.998. The molecular weight excluding hydrogens is 568 g/mol. The summed E-state index contributed by atoms with van der Waals surface area (Å²) in [7, 11) is -7.42. The van der Waals surface area contributed by atoms with E-state index in [4.69, 9.17) is 0 Å². The molecule has 0 aromatic carbocycles. The molecule has 0 saturated carbocycles. The number of hydrogen-bond acceptors (Lipinski definition) is 10. The number of halogens is 2. The predicted molar refractivity (Wildman–Crippen MR) is 112 cm³/mol. The maximum atomic E-state index is 12.3. The third kappa shape index (κ3) is 3.83. The van der Waals surface area contributed by atoms with Gasteiger partial charge in [0.25, 0.3) is 0 Å². The van der Waals surface area contributed by atoms with Crippen molar-refractivity contribution in [2.75, 3.05) is 12.5 Å². The molecule has 0 spiro atoms. The number of aromatic nitrogens is 8. The summed E-state index contributed by atoms with van der Waals surface area (Å²) in [4.78, 5) is 24.9. The minimum absolute atomic E-state index is 0.0236. The summed E-state index contributed by atoms with van der Waals surface area (Å²) >= 11 is 6.39. The van der Waals surface area contributed by atoms with E-state index in [-0.39, 0.29) is 46.0 Å². The Labute approximate surface area is 186 Å². The molecular formula is C14H12Br2N8O4S2. The minimum Gasteiger partial charge on any atom is -0.296 e. The highest BCUT2D eigenvalue weighted by molar-refractivity contribution is 9.10. The van der Waals surface area contributed by atoms with E-state index in [1.54, 1.807) is 0 Å². The van der Waals surface area contributed by atoms with Crippen molar-refractivity contribution in [2.24, 2.45) is 0 Å². The molecule has 0 amide bonds. The van der Waals surface area contributed by atoms with Crippen LogP contribution in [0.25, 0.3) is 22.6 Å². The first-order valence-corrected chi connectivity index (χ1v) is 13.5. The van der Waals surface area contributed by atoms with Gasteiger partial charge < -0.3 is 0 Å². The van der Waals surface area contributed by atoms with E-state index in [1.807, 2.05) is 0 Å². The van der Waals surface area contributed by atoms with Crippen LogP contribution in [0.4, 0.5) is 0 Å². The maximum Gasteiger partial charge on any atom is 0.231 e. The van der Waals surface area contributed by atoms with Crippen molar-refractivity contribution in [3.05, 3.63) is 21.6 Å². The van der Waals surface area contributed by atoms with Crippen molar-refractivity contribution < 1.29 is 16.8 Å². The van der Waals surface area contributed by atoms with Crippen LogP contribution in [0.1, 0.15) is 0 Å². The van der Waals surface area contributed by atoms with Crippen LogP contribution in [0, 0.1) is 0 Å². The summed E-state index contributed by atoms with van der Waals surface area (Å²) in [5.41, 5.74) is 0.785. The van der Waals surface area contributed by atoms with Crippen LogP contribution in [-0.4, -0.2) is 68.4 Å². The minimum atomic E-state index is -3.71. The van der Waals surface area contributed by atoms with Crippen molar-refractivity contribution in [2.45, 2.75) is 23.4 Å². The van der Waals surface area contributed by atoms with Crippen LogP contribution in [0.15, 0.2) is 31.9 Å². The Kier molecular flexibility index (Phi) is 5.14. The van der Waals surface area contributed by atoms with E-state index in [9.17, 15) is 16.8 Å². The Bertz CT molecular complexity index is 1530. The lowest BCUT2D eigenvalue weighted by atomic mass is 10.5. The summed E-state index contributed by atoms with van der Waals surface area (Å²) in [6.07, 6.45) is 4.88. The third-order valence-electron chi connectivity index (χ3n) is 4.00. The molecule has 12 nitrogen and oxygen atoms in total. The van der Waals surface area contributed by atoms with Gasteiger partial charge in [0, 0.05) is 25.6 Å². The monoisotopic (exact) mass is 578 g/mol. The number of sulfone groups is 2. The van der Waals surface area contributed by atoms with Crippen molar-refractivity contribution in [3.63, 3.8) is 0 Å². The molecule has 30 heavy (non-hydrogen) atoms. The lowest BCUT2D eigenvalue weighted by Crippen LogP contribution is -2.17. The highest BCUT2D eigenvalue weighted by Crippen LogP contribution is 2.22. The summed E-state index contributed by atoms with van der Waals surface area (Å²) in [6, 6.07) is 0. The van der Waals surface area contributed by atoms with Crippen molar-refractivity contribution in [1.29, 1.82) is 0 Å². The molecule has 0 N–H and O–H groups in total. The fourth-order valence-electron chi connectivity index (χ4n) is 2.88.